The van der Waals surface area contributed by atoms with Crippen LogP contribution in [-0.4, -0.2) is 5.91 Å². The smallest absolute Gasteiger partial charge is 0.446 e. The summed E-state index contributed by atoms with van der Waals surface area (Å²) in [4.78, 5) is 10.5. The van der Waals surface area contributed by atoms with Crippen molar-refractivity contribution in [2.24, 2.45) is 5.73 Å². The number of primary amides is 1. The summed E-state index contributed by atoms with van der Waals surface area (Å²) in [5.41, 5.74) is 4.85. The second-order valence-electron chi connectivity index (χ2n) is 2.48. The lowest BCUT2D eigenvalue weighted by Gasteiger charge is -1.99. The Hall–Kier alpha value is -1.46. The van der Waals surface area contributed by atoms with E-state index in [4.69, 9.17) is 5.73 Å². The molecular weight excluding hydrogens is 187 g/mol. The summed E-state index contributed by atoms with van der Waals surface area (Å²) < 4.78 is 40.2. The molecule has 0 aliphatic rings. The summed E-state index contributed by atoms with van der Waals surface area (Å²) in [6.07, 6.45) is -4.58. The van der Waals surface area contributed by atoms with E-state index in [1.165, 1.54) is 6.92 Å². The fourth-order valence-electron chi connectivity index (χ4n) is 0.866. The second-order valence-corrected chi connectivity index (χ2v) is 2.48. The standard InChI is InChI=1S/C7H6F3NO2/c1-3-2-4(7(8,9)10)13-5(3)6(11)12/h2H,1H3,(H2,11,12). The van der Waals surface area contributed by atoms with E-state index in [0.717, 1.165) is 6.07 Å². The minimum atomic E-state index is -4.58. The fourth-order valence-corrected chi connectivity index (χ4v) is 0.866. The molecule has 0 fully saturated rings. The quantitative estimate of drug-likeness (QED) is 0.737. The van der Waals surface area contributed by atoms with E-state index < -0.39 is 23.6 Å². The van der Waals surface area contributed by atoms with Crippen molar-refractivity contribution in [3.05, 3.63) is 23.2 Å². The number of furan rings is 1. The summed E-state index contributed by atoms with van der Waals surface area (Å²) in [7, 11) is 0. The van der Waals surface area contributed by atoms with E-state index >= 15 is 0 Å². The molecule has 1 heterocycles. The third-order valence-electron chi connectivity index (χ3n) is 1.42. The Morgan fingerprint density at radius 2 is 2.08 bits per heavy atom. The molecule has 0 atom stereocenters. The van der Waals surface area contributed by atoms with Gasteiger partial charge < -0.3 is 10.2 Å². The molecule has 0 aliphatic heterocycles. The van der Waals surface area contributed by atoms with E-state index in [9.17, 15) is 18.0 Å². The van der Waals surface area contributed by atoms with E-state index in [-0.39, 0.29) is 5.56 Å². The highest BCUT2D eigenvalue weighted by molar-refractivity contribution is 5.91. The second kappa shape index (κ2) is 2.79. The van der Waals surface area contributed by atoms with Crippen LogP contribution in [0.5, 0.6) is 0 Å². The van der Waals surface area contributed by atoms with Gasteiger partial charge in [0.15, 0.2) is 5.76 Å². The third-order valence-corrected chi connectivity index (χ3v) is 1.42. The Labute approximate surface area is 71.3 Å². The Morgan fingerprint density at radius 3 is 2.31 bits per heavy atom. The van der Waals surface area contributed by atoms with Crippen LogP contribution in [0, 0.1) is 6.92 Å². The normalized spacial score (nSPS) is 11.7. The number of halogens is 3. The Morgan fingerprint density at radius 1 is 1.54 bits per heavy atom. The molecule has 0 saturated heterocycles. The van der Waals surface area contributed by atoms with E-state index in [1.807, 2.05) is 0 Å². The van der Waals surface area contributed by atoms with Gasteiger partial charge >= 0.3 is 6.18 Å². The van der Waals surface area contributed by atoms with Gasteiger partial charge in [-0.2, -0.15) is 13.2 Å². The molecule has 1 rings (SSSR count). The number of nitrogens with two attached hydrogens (primary N) is 1. The molecule has 0 aliphatic carbocycles. The number of alkyl halides is 3. The number of carbonyl (C=O) groups is 1. The average molecular weight is 193 g/mol. The van der Waals surface area contributed by atoms with Crippen LogP contribution in [0.15, 0.2) is 10.5 Å². The first-order valence-corrected chi connectivity index (χ1v) is 3.30. The predicted octanol–water partition coefficient (Wildman–Crippen LogP) is 1.71. The molecule has 13 heavy (non-hydrogen) atoms. The van der Waals surface area contributed by atoms with Gasteiger partial charge in [0.05, 0.1) is 0 Å². The molecule has 0 spiro atoms. The zero-order valence-corrected chi connectivity index (χ0v) is 6.61. The summed E-state index contributed by atoms with van der Waals surface area (Å²) in [6.45, 7) is 1.32. The summed E-state index contributed by atoms with van der Waals surface area (Å²) in [6, 6.07) is 0.736. The molecule has 72 valence electrons. The molecule has 1 aromatic heterocycles. The minimum absolute atomic E-state index is 0.0832. The van der Waals surface area contributed by atoms with Gasteiger partial charge in [-0.1, -0.05) is 0 Å². The molecule has 0 unspecified atom stereocenters. The van der Waals surface area contributed by atoms with Gasteiger partial charge in [-0.3, -0.25) is 4.79 Å². The topological polar surface area (TPSA) is 56.2 Å². The van der Waals surface area contributed by atoms with E-state index in [1.54, 1.807) is 0 Å². The molecule has 0 radical (unpaired) electrons. The van der Waals surface area contributed by atoms with Gasteiger partial charge in [0.2, 0.25) is 5.76 Å². The first kappa shape index (κ1) is 9.63. The number of aryl methyl sites for hydroxylation is 1. The summed E-state index contributed by atoms with van der Waals surface area (Å²) in [5.74, 6) is -2.67. The molecule has 0 bridgehead atoms. The van der Waals surface area contributed by atoms with Gasteiger partial charge in [-0.05, 0) is 13.0 Å². The van der Waals surface area contributed by atoms with Crippen molar-refractivity contribution < 1.29 is 22.4 Å². The molecular formula is C7H6F3NO2. The Bertz CT molecular complexity index is 340. The number of hydrogen-bond acceptors (Lipinski definition) is 2. The highest BCUT2D eigenvalue weighted by atomic mass is 19.4. The first-order valence-electron chi connectivity index (χ1n) is 3.30. The zero-order chi connectivity index (χ0) is 10.2. The predicted molar refractivity (Wildman–Crippen MR) is 37.0 cm³/mol. The van der Waals surface area contributed by atoms with E-state index in [2.05, 4.69) is 4.42 Å². The minimum Gasteiger partial charge on any atom is -0.446 e. The lowest BCUT2D eigenvalue weighted by Crippen LogP contribution is -2.11. The summed E-state index contributed by atoms with van der Waals surface area (Å²) >= 11 is 0. The van der Waals surface area contributed by atoms with Crippen molar-refractivity contribution in [2.75, 3.05) is 0 Å². The third kappa shape index (κ3) is 1.82. The molecule has 0 saturated carbocycles. The SMILES string of the molecule is Cc1cc(C(F)(F)F)oc1C(N)=O. The number of carbonyl (C=O) groups excluding carboxylic acids is 1. The average Bonchev–Trinajstić information content (AvgIpc) is 2.29. The molecule has 1 amide bonds. The lowest BCUT2D eigenvalue weighted by molar-refractivity contribution is -0.153. The Kier molecular flexibility index (Phi) is 2.07. The van der Waals surface area contributed by atoms with E-state index in [0.29, 0.717) is 0 Å². The highest BCUT2D eigenvalue weighted by Gasteiger charge is 2.36. The van der Waals surface area contributed by atoms with Gasteiger partial charge in [0.25, 0.3) is 5.91 Å². The van der Waals surface area contributed by atoms with Gasteiger partial charge in [0.1, 0.15) is 0 Å². The zero-order valence-electron chi connectivity index (χ0n) is 6.61. The van der Waals surface area contributed by atoms with Crippen molar-refractivity contribution in [3.8, 4) is 0 Å². The van der Waals surface area contributed by atoms with Crippen molar-refractivity contribution in [2.45, 2.75) is 13.1 Å². The first-order chi connectivity index (χ1) is 5.82. The van der Waals surface area contributed by atoms with Crippen molar-refractivity contribution in [3.63, 3.8) is 0 Å². The Balaban J connectivity index is 3.17. The van der Waals surface area contributed by atoms with Crippen molar-refractivity contribution >= 4 is 5.91 Å². The number of amides is 1. The van der Waals surface area contributed by atoms with Crippen LogP contribution in [0.4, 0.5) is 13.2 Å². The monoisotopic (exact) mass is 193 g/mol. The number of hydrogen-bond donors (Lipinski definition) is 1. The molecule has 1 aromatic rings. The summed E-state index contributed by atoms with van der Waals surface area (Å²) in [5, 5.41) is 0. The van der Waals surface area contributed by atoms with Crippen molar-refractivity contribution in [1.82, 2.24) is 0 Å². The fraction of sp³-hybridized carbons (Fsp3) is 0.286. The maximum atomic E-state index is 12.0. The molecule has 3 nitrogen and oxygen atoms in total. The van der Waals surface area contributed by atoms with Crippen LogP contribution in [0.25, 0.3) is 0 Å². The van der Waals surface area contributed by atoms with Crippen LogP contribution in [-0.2, 0) is 6.18 Å². The maximum Gasteiger partial charge on any atom is 0.449 e. The van der Waals surface area contributed by atoms with Crippen LogP contribution in [0.2, 0.25) is 0 Å². The maximum absolute atomic E-state index is 12.0. The van der Waals surface area contributed by atoms with Crippen LogP contribution in [0.1, 0.15) is 21.9 Å². The van der Waals surface area contributed by atoms with Crippen LogP contribution in [0.3, 0.4) is 0 Å². The lowest BCUT2D eigenvalue weighted by atomic mass is 10.2. The van der Waals surface area contributed by atoms with Crippen LogP contribution >= 0.6 is 0 Å². The van der Waals surface area contributed by atoms with Crippen LogP contribution < -0.4 is 5.73 Å². The largest absolute Gasteiger partial charge is 0.449 e. The molecule has 2 N–H and O–H groups in total. The highest BCUT2D eigenvalue weighted by Crippen LogP contribution is 2.32. The van der Waals surface area contributed by atoms with Crippen molar-refractivity contribution in [1.29, 1.82) is 0 Å². The van der Waals surface area contributed by atoms with Gasteiger partial charge in [-0.25, -0.2) is 0 Å². The molecule has 6 heteroatoms. The molecule has 0 aromatic carbocycles. The van der Waals surface area contributed by atoms with Gasteiger partial charge in [0, 0.05) is 5.56 Å². The van der Waals surface area contributed by atoms with Gasteiger partial charge in [-0.15, -0.1) is 0 Å². The number of rotatable bonds is 1.